The van der Waals surface area contributed by atoms with Crippen LogP contribution in [0.1, 0.15) is 11.3 Å². The first-order valence-electron chi connectivity index (χ1n) is 4.27. The van der Waals surface area contributed by atoms with Gasteiger partial charge in [0, 0.05) is 12.7 Å². The van der Waals surface area contributed by atoms with Crippen LogP contribution in [0, 0.1) is 0 Å². The summed E-state index contributed by atoms with van der Waals surface area (Å²) in [7, 11) is 3.63. The molecule has 0 spiro atoms. The van der Waals surface area contributed by atoms with E-state index >= 15 is 0 Å². The lowest BCUT2D eigenvalue weighted by atomic mass is 10.2. The van der Waals surface area contributed by atoms with Gasteiger partial charge < -0.3 is 10.6 Å². The average Bonchev–Trinajstić information content (AvgIpc) is 1.99. The third kappa shape index (κ3) is 3.09. The molecule has 0 radical (unpaired) electrons. The van der Waals surface area contributed by atoms with E-state index in [4.69, 9.17) is 5.73 Å². The van der Waals surface area contributed by atoms with Gasteiger partial charge in [-0.3, -0.25) is 0 Å². The Bertz CT molecular complexity index is 347. The summed E-state index contributed by atoms with van der Waals surface area (Å²) in [5.74, 6) is 0. The quantitative estimate of drug-likeness (QED) is 0.823. The number of alkyl halides is 3. The van der Waals surface area contributed by atoms with Crippen molar-refractivity contribution < 1.29 is 13.2 Å². The van der Waals surface area contributed by atoms with Crippen LogP contribution in [0.25, 0.3) is 0 Å². The number of hydrogen-bond acceptors (Lipinski definition) is 3. The smallest absolute Gasteiger partial charge is 0.397 e. The highest BCUT2D eigenvalue weighted by Gasteiger charge is 2.34. The predicted octanol–water partition coefficient (Wildman–Crippen LogP) is 1.74. The fourth-order valence-electron chi connectivity index (χ4n) is 1.22. The number of nitrogens with two attached hydrogens (primary N) is 1. The van der Waals surface area contributed by atoms with Gasteiger partial charge in [0.25, 0.3) is 0 Å². The summed E-state index contributed by atoms with van der Waals surface area (Å²) in [6.07, 6.45) is -3.29. The van der Waals surface area contributed by atoms with E-state index in [1.54, 1.807) is 0 Å². The number of nitrogens with zero attached hydrogens (tertiary/aromatic N) is 2. The van der Waals surface area contributed by atoms with E-state index in [-0.39, 0.29) is 5.69 Å². The van der Waals surface area contributed by atoms with Crippen LogP contribution in [0.5, 0.6) is 0 Å². The number of aromatic nitrogens is 1. The van der Waals surface area contributed by atoms with E-state index in [9.17, 15) is 13.2 Å². The van der Waals surface area contributed by atoms with Gasteiger partial charge in [0.1, 0.15) is 0 Å². The van der Waals surface area contributed by atoms with Crippen molar-refractivity contribution in [1.29, 1.82) is 0 Å². The Morgan fingerprint density at radius 3 is 2.40 bits per heavy atom. The van der Waals surface area contributed by atoms with Crippen LogP contribution < -0.4 is 5.73 Å². The standard InChI is InChI=1S/C9H12F3N3/c1-15(2)5-6-3-7(13)8(14-4-6)9(10,11)12/h3-4H,5,13H2,1-2H3. The van der Waals surface area contributed by atoms with E-state index in [0.717, 1.165) is 0 Å². The Kier molecular flexibility index (Phi) is 3.18. The number of halogens is 3. The van der Waals surface area contributed by atoms with Crippen molar-refractivity contribution in [1.82, 2.24) is 9.88 Å². The molecule has 6 heteroatoms. The van der Waals surface area contributed by atoms with Crippen LogP contribution >= 0.6 is 0 Å². The second-order valence-electron chi connectivity index (χ2n) is 3.52. The van der Waals surface area contributed by atoms with Crippen molar-refractivity contribution in [3.63, 3.8) is 0 Å². The Morgan fingerprint density at radius 2 is 2.00 bits per heavy atom. The summed E-state index contributed by atoms with van der Waals surface area (Å²) in [5.41, 5.74) is 4.59. The molecule has 0 atom stereocenters. The lowest BCUT2D eigenvalue weighted by Gasteiger charge is -2.12. The summed E-state index contributed by atoms with van der Waals surface area (Å²) < 4.78 is 36.9. The number of pyridine rings is 1. The van der Waals surface area contributed by atoms with E-state index in [1.807, 2.05) is 19.0 Å². The molecule has 2 N–H and O–H groups in total. The third-order valence-electron chi connectivity index (χ3n) is 1.74. The lowest BCUT2D eigenvalue weighted by molar-refractivity contribution is -0.140. The van der Waals surface area contributed by atoms with E-state index in [1.165, 1.54) is 12.3 Å². The maximum atomic E-state index is 12.3. The lowest BCUT2D eigenvalue weighted by Crippen LogP contribution is -2.15. The Labute approximate surface area is 85.7 Å². The zero-order valence-electron chi connectivity index (χ0n) is 8.47. The van der Waals surface area contributed by atoms with Gasteiger partial charge in [-0.15, -0.1) is 0 Å². The minimum Gasteiger partial charge on any atom is -0.397 e. The number of hydrogen-bond donors (Lipinski definition) is 1. The van der Waals surface area contributed by atoms with Crippen LogP contribution in [-0.4, -0.2) is 24.0 Å². The number of rotatable bonds is 2. The summed E-state index contributed by atoms with van der Waals surface area (Å²) in [6.45, 7) is 0.509. The molecule has 0 amide bonds. The molecule has 0 saturated heterocycles. The van der Waals surface area contributed by atoms with Crippen molar-refractivity contribution in [3.8, 4) is 0 Å². The van der Waals surface area contributed by atoms with Crippen LogP contribution in [0.4, 0.5) is 18.9 Å². The molecule has 3 nitrogen and oxygen atoms in total. The Morgan fingerprint density at radius 1 is 1.40 bits per heavy atom. The summed E-state index contributed by atoms with van der Waals surface area (Å²) in [6, 6.07) is 1.30. The zero-order valence-corrected chi connectivity index (χ0v) is 8.47. The van der Waals surface area contributed by atoms with Gasteiger partial charge in [0.15, 0.2) is 5.69 Å². The Balaban J connectivity index is 2.99. The molecule has 0 aliphatic heterocycles. The molecule has 1 heterocycles. The summed E-state index contributed by atoms with van der Waals surface area (Å²) in [4.78, 5) is 5.15. The van der Waals surface area contributed by atoms with Crippen molar-refractivity contribution in [2.24, 2.45) is 0 Å². The highest BCUT2D eigenvalue weighted by atomic mass is 19.4. The first-order chi connectivity index (χ1) is 6.80. The molecule has 1 rings (SSSR count). The minimum atomic E-state index is -4.49. The largest absolute Gasteiger partial charge is 0.435 e. The second kappa shape index (κ2) is 4.06. The minimum absolute atomic E-state index is 0.332. The highest BCUT2D eigenvalue weighted by molar-refractivity contribution is 5.46. The number of anilines is 1. The van der Waals surface area contributed by atoms with Crippen LogP contribution in [-0.2, 0) is 12.7 Å². The molecule has 0 aliphatic carbocycles. The molecule has 1 aromatic rings. The molecular weight excluding hydrogens is 207 g/mol. The van der Waals surface area contributed by atoms with Crippen LogP contribution in [0.3, 0.4) is 0 Å². The average molecular weight is 219 g/mol. The SMILES string of the molecule is CN(C)Cc1cnc(C(F)(F)F)c(N)c1. The molecule has 0 bridgehead atoms. The predicted molar refractivity (Wildman–Crippen MR) is 51.0 cm³/mol. The molecule has 84 valence electrons. The monoisotopic (exact) mass is 219 g/mol. The van der Waals surface area contributed by atoms with Gasteiger partial charge in [-0.2, -0.15) is 13.2 Å². The van der Waals surface area contributed by atoms with Gasteiger partial charge in [-0.25, -0.2) is 4.98 Å². The normalized spacial score (nSPS) is 12.1. The molecule has 0 fully saturated rings. The van der Waals surface area contributed by atoms with Crippen LogP contribution in [0.2, 0.25) is 0 Å². The zero-order chi connectivity index (χ0) is 11.6. The van der Waals surface area contributed by atoms with Gasteiger partial charge >= 0.3 is 6.18 Å². The van der Waals surface area contributed by atoms with Crippen molar-refractivity contribution >= 4 is 5.69 Å². The van der Waals surface area contributed by atoms with Gasteiger partial charge in [-0.1, -0.05) is 0 Å². The second-order valence-corrected chi connectivity index (χ2v) is 3.52. The topological polar surface area (TPSA) is 42.2 Å². The highest BCUT2D eigenvalue weighted by Crippen LogP contribution is 2.31. The van der Waals surface area contributed by atoms with E-state index in [2.05, 4.69) is 4.98 Å². The van der Waals surface area contributed by atoms with E-state index in [0.29, 0.717) is 12.1 Å². The van der Waals surface area contributed by atoms with Gasteiger partial charge in [-0.05, 0) is 25.7 Å². The van der Waals surface area contributed by atoms with Crippen molar-refractivity contribution in [2.45, 2.75) is 12.7 Å². The third-order valence-corrected chi connectivity index (χ3v) is 1.74. The van der Waals surface area contributed by atoms with Gasteiger partial charge in [0.05, 0.1) is 5.69 Å². The maximum absolute atomic E-state index is 12.3. The van der Waals surface area contributed by atoms with Crippen molar-refractivity contribution in [3.05, 3.63) is 23.5 Å². The molecule has 15 heavy (non-hydrogen) atoms. The van der Waals surface area contributed by atoms with E-state index < -0.39 is 11.9 Å². The molecule has 1 aromatic heterocycles. The summed E-state index contributed by atoms with van der Waals surface area (Å²) in [5, 5.41) is 0. The molecule has 0 aromatic carbocycles. The summed E-state index contributed by atoms with van der Waals surface area (Å²) >= 11 is 0. The fourth-order valence-corrected chi connectivity index (χ4v) is 1.22. The maximum Gasteiger partial charge on any atom is 0.435 e. The number of nitrogen functional groups attached to an aromatic ring is 1. The van der Waals surface area contributed by atoms with Gasteiger partial charge in [0.2, 0.25) is 0 Å². The molecular formula is C9H12F3N3. The fraction of sp³-hybridized carbons (Fsp3) is 0.444. The Hall–Kier alpha value is -1.30. The molecule has 0 aliphatic rings. The molecule has 0 saturated carbocycles. The first-order valence-corrected chi connectivity index (χ1v) is 4.27. The van der Waals surface area contributed by atoms with Crippen LogP contribution in [0.15, 0.2) is 12.3 Å². The van der Waals surface area contributed by atoms with Crippen molar-refractivity contribution in [2.75, 3.05) is 19.8 Å². The molecule has 0 unspecified atom stereocenters. The first kappa shape index (κ1) is 11.8.